The lowest BCUT2D eigenvalue weighted by molar-refractivity contribution is -0.119. The molecule has 1 fully saturated rings. The van der Waals surface area contributed by atoms with E-state index in [0.29, 0.717) is 12.2 Å². The second kappa shape index (κ2) is 8.53. The highest BCUT2D eigenvalue weighted by Crippen LogP contribution is 2.23. The van der Waals surface area contributed by atoms with Gasteiger partial charge in [0.15, 0.2) is 0 Å². The third kappa shape index (κ3) is 5.61. The van der Waals surface area contributed by atoms with E-state index in [1.807, 2.05) is 19.1 Å². The van der Waals surface area contributed by atoms with Crippen molar-refractivity contribution in [2.24, 2.45) is 0 Å². The van der Waals surface area contributed by atoms with Crippen LogP contribution in [-0.2, 0) is 14.8 Å². The Morgan fingerprint density at radius 3 is 2.28 bits per heavy atom. The zero-order valence-corrected chi connectivity index (χ0v) is 16.1. The number of anilines is 2. The van der Waals surface area contributed by atoms with Crippen LogP contribution in [0.1, 0.15) is 13.3 Å². The van der Waals surface area contributed by atoms with Crippen molar-refractivity contribution in [2.75, 3.05) is 61.8 Å². The highest BCUT2D eigenvalue weighted by Gasteiger charge is 2.21. The van der Waals surface area contributed by atoms with Gasteiger partial charge in [-0.1, -0.05) is 6.92 Å². The van der Waals surface area contributed by atoms with Crippen LogP contribution in [0.4, 0.5) is 11.4 Å². The van der Waals surface area contributed by atoms with Crippen molar-refractivity contribution in [1.29, 1.82) is 0 Å². The van der Waals surface area contributed by atoms with Crippen LogP contribution < -0.4 is 14.5 Å². The van der Waals surface area contributed by atoms with E-state index in [0.717, 1.165) is 48.8 Å². The maximum Gasteiger partial charge on any atom is 0.240 e. The highest BCUT2D eigenvalue weighted by molar-refractivity contribution is 7.92. The fraction of sp³-hybridized carbons (Fsp3) is 0.588. The molecule has 0 aromatic heterocycles. The number of sulfonamides is 1. The lowest BCUT2D eigenvalue weighted by Crippen LogP contribution is -2.44. The molecule has 1 amide bonds. The average Bonchev–Trinajstić information content (AvgIpc) is 2.58. The molecule has 2 rings (SSSR count). The smallest absolute Gasteiger partial charge is 0.240 e. The number of benzene rings is 1. The van der Waals surface area contributed by atoms with E-state index in [9.17, 15) is 13.2 Å². The van der Waals surface area contributed by atoms with Gasteiger partial charge in [0, 0.05) is 38.4 Å². The van der Waals surface area contributed by atoms with Crippen LogP contribution in [0.25, 0.3) is 0 Å². The van der Waals surface area contributed by atoms with Gasteiger partial charge >= 0.3 is 0 Å². The number of hydrogen-bond donors (Lipinski definition) is 1. The Kier molecular flexibility index (Phi) is 6.66. The molecule has 0 atom stereocenters. The second-order valence-electron chi connectivity index (χ2n) is 6.43. The van der Waals surface area contributed by atoms with Crippen LogP contribution in [0.5, 0.6) is 0 Å². The summed E-state index contributed by atoms with van der Waals surface area (Å²) < 4.78 is 25.3. The number of nitrogens with one attached hydrogen (secondary N) is 1. The van der Waals surface area contributed by atoms with Crippen LogP contribution in [0.15, 0.2) is 24.3 Å². The molecular weight excluding hydrogens is 340 g/mol. The quantitative estimate of drug-likeness (QED) is 0.768. The molecule has 8 heteroatoms. The summed E-state index contributed by atoms with van der Waals surface area (Å²) in [7, 11) is -1.43. The zero-order chi connectivity index (χ0) is 18.4. The molecule has 1 aliphatic rings. The highest BCUT2D eigenvalue weighted by atomic mass is 32.2. The van der Waals surface area contributed by atoms with Gasteiger partial charge in [-0.2, -0.15) is 0 Å². The van der Waals surface area contributed by atoms with E-state index in [-0.39, 0.29) is 12.5 Å². The van der Waals surface area contributed by atoms with Gasteiger partial charge < -0.3 is 15.1 Å². The topological polar surface area (TPSA) is 73.0 Å². The minimum atomic E-state index is -3.53. The summed E-state index contributed by atoms with van der Waals surface area (Å²) in [5.74, 6) is -0.296. The third-order valence-corrected chi connectivity index (χ3v) is 5.41. The molecule has 1 N–H and O–H groups in total. The van der Waals surface area contributed by atoms with Crippen molar-refractivity contribution in [3.63, 3.8) is 0 Å². The molecule has 0 aliphatic carbocycles. The number of hydrogen-bond acceptors (Lipinski definition) is 5. The number of carbonyl (C=O) groups is 1. The number of rotatable bonds is 7. The summed E-state index contributed by atoms with van der Waals surface area (Å²) in [6, 6.07) is 7.37. The van der Waals surface area contributed by atoms with E-state index < -0.39 is 10.0 Å². The first kappa shape index (κ1) is 19.5. The molecular formula is C17H28N4O3S. The Morgan fingerprint density at radius 1 is 1.16 bits per heavy atom. The number of piperazine rings is 1. The molecule has 1 heterocycles. The Bertz CT molecular complexity index is 668. The molecule has 0 unspecified atom stereocenters. The minimum Gasteiger partial charge on any atom is -0.369 e. The summed E-state index contributed by atoms with van der Waals surface area (Å²) in [4.78, 5) is 16.5. The summed E-state index contributed by atoms with van der Waals surface area (Å²) in [5.41, 5.74) is 1.58. The van der Waals surface area contributed by atoms with Gasteiger partial charge in [-0.15, -0.1) is 0 Å². The van der Waals surface area contributed by atoms with Crippen molar-refractivity contribution in [3.8, 4) is 0 Å². The van der Waals surface area contributed by atoms with Gasteiger partial charge in [0.1, 0.15) is 6.54 Å². The van der Waals surface area contributed by atoms with E-state index in [1.54, 1.807) is 12.1 Å². The molecule has 0 spiro atoms. The lowest BCUT2D eigenvalue weighted by Gasteiger charge is -2.34. The summed E-state index contributed by atoms with van der Waals surface area (Å²) in [6.07, 6.45) is 1.93. The summed E-state index contributed by atoms with van der Waals surface area (Å²) >= 11 is 0. The standard InChI is InChI=1S/C17H28N4O3S/c1-4-9-18-17(22)14-21(25(3,23)24)16-7-5-15(6-8-16)20-12-10-19(2)11-13-20/h5-8H,4,9-14H2,1-3H3,(H,18,22). The monoisotopic (exact) mass is 368 g/mol. The van der Waals surface area contributed by atoms with Gasteiger partial charge in [0.05, 0.1) is 11.9 Å². The number of carbonyl (C=O) groups excluding carboxylic acids is 1. The van der Waals surface area contributed by atoms with Gasteiger partial charge in [0.25, 0.3) is 0 Å². The number of amides is 1. The van der Waals surface area contributed by atoms with Gasteiger partial charge in [0.2, 0.25) is 15.9 Å². The molecule has 7 nitrogen and oxygen atoms in total. The van der Waals surface area contributed by atoms with Gasteiger partial charge in [-0.25, -0.2) is 8.42 Å². The van der Waals surface area contributed by atoms with Crippen LogP contribution in [0.3, 0.4) is 0 Å². The Labute approximate surface area is 150 Å². The normalized spacial score (nSPS) is 15.9. The minimum absolute atomic E-state index is 0.202. The maximum atomic E-state index is 12.1. The number of nitrogens with zero attached hydrogens (tertiary/aromatic N) is 3. The second-order valence-corrected chi connectivity index (χ2v) is 8.33. The molecule has 140 valence electrons. The molecule has 0 saturated carbocycles. The molecule has 0 bridgehead atoms. The molecule has 1 aliphatic heterocycles. The molecule has 1 aromatic carbocycles. The summed E-state index contributed by atoms with van der Waals surface area (Å²) in [5, 5.41) is 2.71. The van der Waals surface area contributed by atoms with E-state index in [1.165, 1.54) is 0 Å². The van der Waals surface area contributed by atoms with Crippen LogP contribution in [0, 0.1) is 0 Å². The average molecular weight is 369 g/mol. The molecule has 0 radical (unpaired) electrons. The molecule has 1 aromatic rings. The largest absolute Gasteiger partial charge is 0.369 e. The van der Waals surface area contributed by atoms with Crippen LogP contribution >= 0.6 is 0 Å². The lowest BCUT2D eigenvalue weighted by atomic mass is 10.2. The van der Waals surface area contributed by atoms with Crippen molar-refractivity contribution in [1.82, 2.24) is 10.2 Å². The van der Waals surface area contributed by atoms with Gasteiger partial charge in [-0.3, -0.25) is 9.10 Å². The van der Waals surface area contributed by atoms with Crippen LogP contribution in [0.2, 0.25) is 0 Å². The first-order valence-electron chi connectivity index (χ1n) is 8.59. The van der Waals surface area contributed by atoms with E-state index >= 15 is 0 Å². The maximum absolute atomic E-state index is 12.1. The Balaban J connectivity index is 2.11. The predicted octanol–water partition coefficient (Wildman–Crippen LogP) is 0.731. The van der Waals surface area contributed by atoms with Crippen molar-refractivity contribution < 1.29 is 13.2 Å². The van der Waals surface area contributed by atoms with Crippen molar-refractivity contribution in [3.05, 3.63) is 24.3 Å². The zero-order valence-electron chi connectivity index (χ0n) is 15.2. The SMILES string of the molecule is CCCNC(=O)CN(c1ccc(N2CCN(C)CC2)cc1)S(C)(=O)=O. The fourth-order valence-corrected chi connectivity index (χ4v) is 3.60. The predicted molar refractivity (Wildman–Crippen MR) is 102 cm³/mol. The fourth-order valence-electron chi connectivity index (χ4n) is 2.75. The van der Waals surface area contributed by atoms with Crippen LogP contribution in [-0.4, -0.2) is 71.8 Å². The van der Waals surface area contributed by atoms with Crippen molar-refractivity contribution >= 4 is 27.3 Å². The number of likely N-dealkylation sites (N-methyl/N-ethyl adjacent to an activating group) is 1. The van der Waals surface area contributed by atoms with Crippen molar-refractivity contribution in [2.45, 2.75) is 13.3 Å². The van der Waals surface area contributed by atoms with E-state index in [2.05, 4.69) is 22.2 Å². The third-order valence-electron chi connectivity index (χ3n) is 4.27. The Hall–Kier alpha value is -1.80. The van der Waals surface area contributed by atoms with Gasteiger partial charge in [-0.05, 0) is 37.7 Å². The van der Waals surface area contributed by atoms with E-state index in [4.69, 9.17) is 0 Å². The molecule has 1 saturated heterocycles. The first-order chi connectivity index (χ1) is 11.8. The Morgan fingerprint density at radius 2 is 1.76 bits per heavy atom. The summed E-state index contributed by atoms with van der Waals surface area (Å²) in [6.45, 7) is 6.21. The first-order valence-corrected chi connectivity index (χ1v) is 10.4. The molecule has 25 heavy (non-hydrogen) atoms.